The Morgan fingerprint density at radius 2 is 1.75 bits per heavy atom. The van der Waals surface area contributed by atoms with E-state index in [0.29, 0.717) is 31.7 Å². The second kappa shape index (κ2) is 9.17. The van der Waals surface area contributed by atoms with Gasteiger partial charge in [-0.1, -0.05) is 34.1 Å². The minimum Gasteiger partial charge on any atom is -0.322 e. The first-order chi connectivity index (χ1) is 13.4. The van der Waals surface area contributed by atoms with Gasteiger partial charge in [-0.2, -0.15) is 4.31 Å². The van der Waals surface area contributed by atoms with Gasteiger partial charge < -0.3 is 5.32 Å². The summed E-state index contributed by atoms with van der Waals surface area (Å²) in [6.45, 7) is 4.91. The molecule has 0 saturated carbocycles. The van der Waals surface area contributed by atoms with Crippen molar-refractivity contribution in [2.24, 2.45) is 0 Å². The van der Waals surface area contributed by atoms with Crippen LogP contribution in [0.2, 0.25) is 0 Å². The smallest absolute Gasteiger partial charge is 0.255 e. The summed E-state index contributed by atoms with van der Waals surface area (Å²) in [4.78, 5) is 14.6. The van der Waals surface area contributed by atoms with E-state index < -0.39 is 10.0 Å². The number of nitrogens with zero attached hydrogens (tertiary/aromatic N) is 2. The molecule has 0 bridgehead atoms. The van der Waals surface area contributed by atoms with E-state index in [-0.39, 0.29) is 11.7 Å². The fourth-order valence-electron chi connectivity index (χ4n) is 3.14. The van der Waals surface area contributed by atoms with Crippen LogP contribution in [0, 0.1) is 0 Å². The molecule has 2 aromatic rings. The van der Waals surface area contributed by atoms with Crippen LogP contribution in [-0.4, -0.2) is 55.5 Å². The Balaban J connectivity index is 1.54. The lowest BCUT2D eigenvalue weighted by Gasteiger charge is -2.33. The number of piperazine rings is 1. The third kappa shape index (κ3) is 5.41. The summed E-state index contributed by atoms with van der Waals surface area (Å²) in [5, 5.41) is 2.88. The maximum absolute atomic E-state index is 12.4. The highest BCUT2D eigenvalue weighted by molar-refractivity contribution is 9.10. The van der Waals surface area contributed by atoms with E-state index in [0.717, 1.165) is 22.3 Å². The molecule has 1 aliphatic heterocycles. The lowest BCUT2D eigenvalue weighted by Crippen LogP contribution is -2.48. The quantitative estimate of drug-likeness (QED) is 0.710. The summed E-state index contributed by atoms with van der Waals surface area (Å²) in [5.74, 6) is -0.000700. The Hall–Kier alpha value is -1.74. The number of carbonyl (C=O) groups is 1. The zero-order valence-corrected chi connectivity index (χ0v) is 18.2. The van der Waals surface area contributed by atoms with Gasteiger partial charge in [0, 0.05) is 48.4 Å². The van der Waals surface area contributed by atoms with Crippen molar-refractivity contribution in [1.82, 2.24) is 9.21 Å². The summed E-state index contributed by atoms with van der Waals surface area (Å²) in [6, 6.07) is 15.0. The SMILES string of the molecule is CCS(=O)(=O)N1CCN(Cc2ccc(C(=O)Nc3cccc(Br)c3)cc2)CC1. The maximum atomic E-state index is 12.4. The van der Waals surface area contributed by atoms with Crippen molar-refractivity contribution in [2.75, 3.05) is 37.2 Å². The van der Waals surface area contributed by atoms with Gasteiger partial charge in [-0.05, 0) is 42.8 Å². The highest BCUT2D eigenvalue weighted by Crippen LogP contribution is 2.17. The third-order valence-corrected chi connectivity index (χ3v) is 7.17. The van der Waals surface area contributed by atoms with Gasteiger partial charge in [0.25, 0.3) is 5.91 Å². The van der Waals surface area contributed by atoms with Crippen LogP contribution in [0.15, 0.2) is 53.0 Å². The number of nitrogens with one attached hydrogen (secondary N) is 1. The van der Waals surface area contributed by atoms with Crippen molar-refractivity contribution in [1.29, 1.82) is 0 Å². The second-order valence-electron chi connectivity index (χ2n) is 6.74. The molecule has 1 amide bonds. The average Bonchev–Trinajstić information content (AvgIpc) is 2.69. The van der Waals surface area contributed by atoms with Crippen molar-refractivity contribution < 1.29 is 13.2 Å². The van der Waals surface area contributed by atoms with Crippen LogP contribution in [0.5, 0.6) is 0 Å². The van der Waals surface area contributed by atoms with E-state index in [2.05, 4.69) is 26.1 Å². The molecule has 0 unspecified atom stereocenters. The fraction of sp³-hybridized carbons (Fsp3) is 0.350. The molecule has 1 saturated heterocycles. The van der Waals surface area contributed by atoms with E-state index in [1.165, 1.54) is 0 Å². The predicted molar refractivity (Wildman–Crippen MR) is 115 cm³/mol. The summed E-state index contributed by atoms with van der Waals surface area (Å²) in [7, 11) is -3.10. The first-order valence-electron chi connectivity index (χ1n) is 9.23. The highest BCUT2D eigenvalue weighted by Gasteiger charge is 2.25. The molecule has 0 aromatic heterocycles. The number of sulfonamides is 1. The first kappa shape index (κ1) is 21.0. The number of amides is 1. The molecule has 1 aliphatic rings. The lowest BCUT2D eigenvalue weighted by molar-refractivity contribution is 0.102. The minimum absolute atomic E-state index is 0.149. The molecule has 8 heteroatoms. The maximum Gasteiger partial charge on any atom is 0.255 e. The monoisotopic (exact) mass is 465 g/mol. The zero-order chi connectivity index (χ0) is 20.1. The van der Waals surface area contributed by atoms with Crippen LogP contribution in [0.1, 0.15) is 22.8 Å². The van der Waals surface area contributed by atoms with Gasteiger partial charge in [0.2, 0.25) is 10.0 Å². The number of carbonyl (C=O) groups excluding carboxylic acids is 1. The van der Waals surface area contributed by atoms with Gasteiger partial charge in [0.1, 0.15) is 0 Å². The van der Waals surface area contributed by atoms with Crippen LogP contribution < -0.4 is 5.32 Å². The Morgan fingerprint density at radius 1 is 1.07 bits per heavy atom. The summed E-state index contributed by atoms with van der Waals surface area (Å²) in [5.41, 5.74) is 2.44. The van der Waals surface area contributed by atoms with Gasteiger partial charge in [-0.25, -0.2) is 8.42 Å². The van der Waals surface area contributed by atoms with Crippen molar-refractivity contribution >= 4 is 37.5 Å². The van der Waals surface area contributed by atoms with Crippen LogP contribution >= 0.6 is 15.9 Å². The number of hydrogen-bond acceptors (Lipinski definition) is 4. The van der Waals surface area contributed by atoms with Crippen LogP contribution in [0.25, 0.3) is 0 Å². The summed E-state index contributed by atoms with van der Waals surface area (Å²) >= 11 is 3.39. The molecular weight excluding hydrogens is 442 g/mol. The van der Waals surface area contributed by atoms with E-state index in [4.69, 9.17) is 0 Å². The molecule has 28 heavy (non-hydrogen) atoms. The average molecular weight is 466 g/mol. The van der Waals surface area contributed by atoms with Crippen molar-refractivity contribution in [3.05, 3.63) is 64.1 Å². The molecule has 0 radical (unpaired) electrons. The Labute approximate surface area is 174 Å². The van der Waals surface area contributed by atoms with E-state index in [1.54, 1.807) is 11.2 Å². The molecule has 6 nitrogen and oxygen atoms in total. The van der Waals surface area contributed by atoms with Gasteiger partial charge in [0.15, 0.2) is 0 Å². The molecule has 1 heterocycles. The number of halogens is 1. The topological polar surface area (TPSA) is 69.7 Å². The molecule has 0 spiro atoms. The molecule has 2 aromatic carbocycles. The van der Waals surface area contributed by atoms with Gasteiger partial charge in [-0.3, -0.25) is 9.69 Å². The number of benzene rings is 2. The van der Waals surface area contributed by atoms with E-state index in [1.807, 2.05) is 48.5 Å². The van der Waals surface area contributed by atoms with Crippen molar-refractivity contribution in [3.8, 4) is 0 Å². The van der Waals surface area contributed by atoms with Crippen LogP contribution in [0.4, 0.5) is 5.69 Å². The molecule has 0 aliphatic carbocycles. The van der Waals surface area contributed by atoms with Crippen molar-refractivity contribution in [3.63, 3.8) is 0 Å². The van der Waals surface area contributed by atoms with Gasteiger partial charge in [-0.15, -0.1) is 0 Å². The summed E-state index contributed by atoms with van der Waals surface area (Å²) < 4.78 is 26.4. The normalized spacial score (nSPS) is 16.1. The number of hydrogen-bond donors (Lipinski definition) is 1. The van der Waals surface area contributed by atoms with Gasteiger partial charge >= 0.3 is 0 Å². The summed E-state index contributed by atoms with van der Waals surface area (Å²) in [6.07, 6.45) is 0. The zero-order valence-electron chi connectivity index (χ0n) is 15.8. The Morgan fingerprint density at radius 3 is 2.36 bits per heavy atom. The van der Waals surface area contributed by atoms with Crippen LogP contribution in [0.3, 0.4) is 0 Å². The first-order valence-corrected chi connectivity index (χ1v) is 11.6. The van der Waals surface area contributed by atoms with Gasteiger partial charge in [0.05, 0.1) is 5.75 Å². The molecular formula is C20H24BrN3O3S. The molecule has 1 fully saturated rings. The molecule has 1 N–H and O–H groups in total. The molecule has 150 valence electrons. The highest BCUT2D eigenvalue weighted by atomic mass is 79.9. The predicted octanol–water partition coefficient (Wildman–Crippen LogP) is 3.17. The third-order valence-electron chi connectivity index (χ3n) is 4.79. The molecule has 3 rings (SSSR count). The number of rotatable bonds is 6. The van der Waals surface area contributed by atoms with E-state index >= 15 is 0 Å². The Kier molecular flexibility index (Phi) is 6.87. The lowest BCUT2D eigenvalue weighted by atomic mass is 10.1. The fourth-order valence-corrected chi connectivity index (χ4v) is 4.62. The van der Waals surface area contributed by atoms with E-state index in [9.17, 15) is 13.2 Å². The standard InChI is InChI=1S/C20H24BrN3O3S/c1-2-28(26,27)24-12-10-23(11-13-24)15-16-6-8-17(9-7-16)20(25)22-19-5-3-4-18(21)14-19/h3-9,14H,2,10-13,15H2,1H3,(H,22,25). The second-order valence-corrected chi connectivity index (χ2v) is 9.91. The molecule has 0 atom stereocenters. The van der Waals surface area contributed by atoms with Crippen molar-refractivity contribution in [2.45, 2.75) is 13.5 Å². The Bertz CT molecular complexity index is 924. The largest absolute Gasteiger partial charge is 0.322 e. The number of anilines is 1. The van der Waals surface area contributed by atoms with Crippen LogP contribution in [-0.2, 0) is 16.6 Å². The minimum atomic E-state index is -3.10.